The second-order valence-corrected chi connectivity index (χ2v) is 8.10. The Hall–Kier alpha value is -1.54. The fourth-order valence-electron chi connectivity index (χ4n) is 3.12. The van der Waals surface area contributed by atoms with Gasteiger partial charge in [0.2, 0.25) is 0 Å². The Kier molecular flexibility index (Phi) is 4.49. The summed E-state index contributed by atoms with van der Waals surface area (Å²) in [6, 6.07) is 3.97. The fraction of sp³-hybridized carbons (Fsp3) is 0.412. The van der Waals surface area contributed by atoms with E-state index in [9.17, 15) is 9.90 Å². The lowest BCUT2D eigenvalue weighted by Crippen LogP contribution is -2.29. The van der Waals surface area contributed by atoms with Crippen molar-refractivity contribution in [1.82, 2.24) is 9.55 Å². The number of aliphatic hydroxyl groups excluding tert-OH is 1. The van der Waals surface area contributed by atoms with Crippen LogP contribution in [-0.4, -0.2) is 27.4 Å². The van der Waals surface area contributed by atoms with Gasteiger partial charge in [0.15, 0.2) is 0 Å². The maximum absolute atomic E-state index is 12.7. The number of rotatable bonds is 6. The van der Waals surface area contributed by atoms with Gasteiger partial charge < -0.3 is 9.84 Å². The molecule has 0 saturated carbocycles. The van der Waals surface area contributed by atoms with E-state index in [1.807, 2.05) is 17.5 Å². The van der Waals surface area contributed by atoms with Gasteiger partial charge in [-0.25, -0.2) is 4.98 Å². The molecule has 3 aromatic heterocycles. The Balaban J connectivity index is 1.46. The monoisotopic (exact) mass is 362 g/mol. The Labute approximate surface area is 147 Å². The lowest BCUT2D eigenvalue weighted by molar-refractivity contribution is 0.0207. The van der Waals surface area contributed by atoms with Crippen molar-refractivity contribution in [2.45, 2.75) is 38.5 Å². The first-order valence-corrected chi connectivity index (χ1v) is 9.70. The molecule has 1 aliphatic carbocycles. The predicted octanol–water partition coefficient (Wildman–Crippen LogP) is 2.59. The molecule has 1 atom stereocenters. The highest BCUT2D eigenvalue weighted by Crippen LogP contribution is 2.34. The lowest BCUT2D eigenvalue weighted by Gasteiger charge is -2.12. The van der Waals surface area contributed by atoms with Gasteiger partial charge in [-0.2, -0.15) is 0 Å². The number of aryl methyl sites for hydroxylation is 2. The molecule has 0 saturated heterocycles. The van der Waals surface area contributed by atoms with E-state index in [0.29, 0.717) is 6.61 Å². The first kappa shape index (κ1) is 16.0. The van der Waals surface area contributed by atoms with E-state index >= 15 is 0 Å². The Morgan fingerprint density at radius 1 is 1.42 bits per heavy atom. The SMILES string of the molecule is O=c1c2c3c(sc2ncn1CC(O)COCc1cccs1)CCC3. The zero-order valence-corrected chi connectivity index (χ0v) is 14.7. The molecule has 7 heteroatoms. The summed E-state index contributed by atoms with van der Waals surface area (Å²) in [5, 5.41) is 12.9. The van der Waals surface area contributed by atoms with Crippen LogP contribution >= 0.6 is 22.7 Å². The molecule has 0 bridgehead atoms. The zero-order valence-electron chi connectivity index (χ0n) is 13.1. The van der Waals surface area contributed by atoms with Crippen molar-refractivity contribution in [3.05, 3.63) is 49.5 Å². The molecule has 0 radical (unpaired) electrons. The number of aliphatic hydroxyl groups is 1. The van der Waals surface area contributed by atoms with Crippen molar-refractivity contribution in [3.63, 3.8) is 0 Å². The molecule has 0 aromatic carbocycles. The van der Waals surface area contributed by atoms with E-state index in [1.165, 1.54) is 15.0 Å². The number of hydrogen-bond acceptors (Lipinski definition) is 6. The second-order valence-electron chi connectivity index (χ2n) is 5.99. The smallest absolute Gasteiger partial charge is 0.262 e. The highest BCUT2D eigenvalue weighted by Gasteiger charge is 2.21. The normalized spacial score (nSPS) is 15.0. The van der Waals surface area contributed by atoms with Gasteiger partial charge in [-0.05, 0) is 36.3 Å². The molecule has 126 valence electrons. The lowest BCUT2D eigenvalue weighted by atomic mass is 10.2. The van der Waals surface area contributed by atoms with Gasteiger partial charge in [-0.1, -0.05) is 6.07 Å². The van der Waals surface area contributed by atoms with Crippen LogP contribution in [0.4, 0.5) is 0 Å². The largest absolute Gasteiger partial charge is 0.389 e. The molecule has 0 amide bonds. The number of thiophene rings is 2. The summed E-state index contributed by atoms with van der Waals surface area (Å²) in [4.78, 5) is 20.4. The average molecular weight is 362 g/mol. The minimum absolute atomic E-state index is 0.0447. The van der Waals surface area contributed by atoms with Crippen LogP contribution in [0.15, 0.2) is 28.6 Å². The molecule has 3 heterocycles. The van der Waals surface area contributed by atoms with E-state index in [0.717, 1.165) is 34.4 Å². The highest BCUT2D eigenvalue weighted by molar-refractivity contribution is 7.18. The molecule has 1 N–H and O–H groups in total. The van der Waals surface area contributed by atoms with E-state index in [4.69, 9.17) is 4.74 Å². The maximum Gasteiger partial charge on any atom is 0.262 e. The first-order valence-electron chi connectivity index (χ1n) is 8.00. The number of nitrogens with zero attached hydrogens (tertiary/aromatic N) is 2. The molecular weight excluding hydrogens is 344 g/mol. The Morgan fingerprint density at radius 2 is 2.33 bits per heavy atom. The zero-order chi connectivity index (χ0) is 16.5. The van der Waals surface area contributed by atoms with Crippen molar-refractivity contribution in [3.8, 4) is 0 Å². The third-order valence-corrected chi connectivity index (χ3v) is 6.28. The van der Waals surface area contributed by atoms with Gasteiger partial charge in [0.05, 0.1) is 37.6 Å². The molecule has 5 nitrogen and oxygen atoms in total. The van der Waals surface area contributed by atoms with Crippen LogP contribution in [-0.2, 0) is 30.7 Å². The summed E-state index contributed by atoms with van der Waals surface area (Å²) < 4.78 is 7.03. The van der Waals surface area contributed by atoms with Crippen LogP contribution < -0.4 is 5.56 Å². The van der Waals surface area contributed by atoms with Gasteiger partial charge >= 0.3 is 0 Å². The Morgan fingerprint density at radius 3 is 3.17 bits per heavy atom. The third-order valence-electron chi connectivity index (χ3n) is 4.23. The Bertz CT molecular complexity index is 899. The molecule has 4 rings (SSSR count). The summed E-state index contributed by atoms with van der Waals surface area (Å²) >= 11 is 3.25. The summed E-state index contributed by atoms with van der Waals surface area (Å²) in [5.74, 6) is 0. The van der Waals surface area contributed by atoms with E-state index in [-0.39, 0.29) is 18.7 Å². The highest BCUT2D eigenvalue weighted by atomic mass is 32.1. The van der Waals surface area contributed by atoms with Crippen molar-refractivity contribution in [2.24, 2.45) is 0 Å². The van der Waals surface area contributed by atoms with Crippen molar-refractivity contribution >= 4 is 32.9 Å². The molecule has 24 heavy (non-hydrogen) atoms. The van der Waals surface area contributed by atoms with Gasteiger partial charge in [0.25, 0.3) is 5.56 Å². The van der Waals surface area contributed by atoms with Crippen molar-refractivity contribution < 1.29 is 9.84 Å². The first-order chi connectivity index (χ1) is 11.7. The maximum atomic E-state index is 12.7. The van der Waals surface area contributed by atoms with Gasteiger partial charge in [-0.3, -0.25) is 9.36 Å². The van der Waals surface area contributed by atoms with Crippen LogP contribution in [0.5, 0.6) is 0 Å². The van der Waals surface area contributed by atoms with E-state index < -0.39 is 6.10 Å². The topological polar surface area (TPSA) is 64.4 Å². The summed E-state index contributed by atoms with van der Waals surface area (Å²) in [6.07, 6.45) is 3.94. The van der Waals surface area contributed by atoms with Crippen LogP contribution in [0.2, 0.25) is 0 Å². The number of hydrogen-bond donors (Lipinski definition) is 1. The fourth-order valence-corrected chi connectivity index (χ4v) is 4.98. The van der Waals surface area contributed by atoms with Gasteiger partial charge in [0.1, 0.15) is 4.83 Å². The molecule has 0 aliphatic heterocycles. The molecular formula is C17H18N2O3S2. The van der Waals surface area contributed by atoms with E-state index in [1.54, 1.807) is 29.0 Å². The molecule has 3 aromatic rings. The van der Waals surface area contributed by atoms with Gasteiger partial charge in [-0.15, -0.1) is 22.7 Å². The van der Waals surface area contributed by atoms with Crippen LogP contribution in [0.1, 0.15) is 21.7 Å². The molecule has 1 unspecified atom stereocenters. The van der Waals surface area contributed by atoms with Crippen LogP contribution in [0, 0.1) is 0 Å². The third kappa shape index (κ3) is 3.04. The molecule has 1 aliphatic rings. The summed E-state index contributed by atoms with van der Waals surface area (Å²) in [7, 11) is 0. The average Bonchev–Trinajstić information content (AvgIpc) is 3.26. The molecule has 0 fully saturated rings. The molecule has 0 spiro atoms. The number of fused-ring (bicyclic) bond motifs is 3. The van der Waals surface area contributed by atoms with Crippen LogP contribution in [0.25, 0.3) is 10.2 Å². The minimum Gasteiger partial charge on any atom is -0.389 e. The van der Waals surface area contributed by atoms with Crippen molar-refractivity contribution in [1.29, 1.82) is 0 Å². The van der Waals surface area contributed by atoms with Gasteiger partial charge in [0, 0.05) is 9.75 Å². The minimum atomic E-state index is -0.728. The number of ether oxygens (including phenoxy) is 1. The number of aromatic nitrogens is 2. The summed E-state index contributed by atoms with van der Waals surface area (Å²) in [6.45, 7) is 0.889. The van der Waals surface area contributed by atoms with Crippen LogP contribution in [0.3, 0.4) is 0 Å². The predicted molar refractivity (Wildman–Crippen MR) is 95.9 cm³/mol. The van der Waals surface area contributed by atoms with Crippen molar-refractivity contribution in [2.75, 3.05) is 6.61 Å². The standard InChI is InChI=1S/C17H18N2O3S2/c20-11(8-22-9-12-3-2-6-23-12)7-19-10-18-16-15(17(19)21)13-4-1-5-14(13)24-16/h2-3,6,10-11,20H,1,4-5,7-9H2. The van der Waals surface area contributed by atoms with E-state index in [2.05, 4.69) is 4.98 Å². The quantitative estimate of drug-likeness (QED) is 0.732. The summed E-state index contributed by atoms with van der Waals surface area (Å²) in [5.41, 5.74) is 1.13. The second kappa shape index (κ2) is 6.76.